The molecule has 108 valence electrons. The van der Waals surface area contributed by atoms with E-state index in [1.165, 1.54) is 31.4 Å². The number of aryl methyl sites for hydroxylation is 2. The Morgan fingerprint density at radius 2 is 2.21 bits per heavy atom. The van der Waals surface area contributed by atoms with E-state index in [0.29, 0.717) is 5.41 Å². The maximum atomic E-state index is 5.55. The molecule has 0 aliphatic carbocycles. The predicted octanol–water partition coefficient (Wildman–Crippen LogP) is 2.15. The van der Waals surface area contributed by atoms with E-state index in [4.69, 9.17) is 4.74 Å². The van der Waals surface area contributed by atoms with Crippen LogP contribution in [0.1, 0.15) is 38.3 Å². The minimum Gasteiger partial charge on any atom is -0.381 e. The maximum absolute atomic E-state index is 5.55. The van der Waals surface area contributed by atoms with Crippen LogP contribution in [0.5, 0.6) is 0 Å². The molecular formula is C15H27N3O. The molecule has 0 radical (unpaired) electrons. The van der Waals surface area contributed by atoms with Crippen molar-refractivity contribution in [3.63, 3.8) is 0 Å². The third-order valence-corrected chi connectivity index (χ3v) is 4.31. The molecule has 1 aromatic heterocycles. The molecule has 1 saturated heterocycles. The molecular weight excluding hydrogens is 238 g/mol. The smallest absolute Gasteiger partial charge is 0.0492 e. The highest BCUT2D eigenvalue weighted by atomic mass is 16.5. The van der Waals surface area contributed by atoms with Crippen molar-refractivity contribution < 1.29 is 4.74 Å². The molecule has 0 aromatic carbocycles. The lowest BCUT2D eigenvalue weighted by atomic mass is 9.76. The topological polar surface area (TPSA) is 39.1 Å². The van der Waals surface area contributed by atoms with E-state index in [-0.39, 0.29) is 0 Å². The Balaban J connectivity index is 1.91. The van der Waals surface area contributed by atoms with Gasteiger partial charge in [-0.25, -0.2) is 0 Å². The quantitative estimate of drug-likeness (QED) is 0.768. The molecule has 0 saturated carbocycles. The van der Waals surface area contributed by atoms with Crippen molar-refractivity contribution >= 4 is 0 Å². The number of hydrogen-bond acceptors (Lipinski definition) is 3. The van der Waals surface area contributed by atoms with Gasteiger partial charge in [-0.1, -0.05) is 6.92 Å². The van der Waals surface area contributed by atoms with Crippen molar-refractivity contribution in [2.45, 2.75) is 39.0 Å². The molecule has 1 fully saturated rings. The van der Waals surface area contributed by atoms with Crippen molar-refractivity contribution in [1.82, 2.24) is 15.1 Å². The number of rotatable bonds is 7. The first-order valence-corrected chi connectivity index (χ1v) is 7.51. The van der Waals surface area contributed by atoms with Crippen LogP contribution in [0.15, 0.2) is 12.3 Å². The highest BCUT2D eigenvalue weighted by Gasteiger charge is 2.31. The van der Waals surface area contributed by atoms with E-state index >= 15 is 0 Å². The second kappa shape index (κ2) is 7.06. The normalized spacial score (nSPS) is 18.6. The first-order valence-electron chi connectivity index (χ1n) is 7.51. The van der Waals surface area contributed by atoms with Crippen molar-refractivity contribution in [3.05, 3.63) is 18.0 Å². The van der Waals surface area contributed by atoms with Crippen molar-refractivity contribution in [3.8, 4) is 0 Å². The SMILES string of the molecule is CCCNCC1(CCc2ccnn2C)CCOCC1. The average molecular weight is 265 g/mol. The molecule has 4 heteroatoms. The lowest BCUT2D eigenvalue weighted by molar-refractivity contribution is 0.0104. The van der Waals surface area contributed by atoms with Crippen LogP contribution in [0.4, 0.5) is 0 Å². The summed E-state index contributed by atoms with van der Waals surface area (Å²) in [5, 5.41) is 7.87. The molecule has 0 unspecified atom stereocenters. The molecule has 0 bridgehead atoms. The Morgan fingerprint density at radius 1 is 1.42 bits per heavy atom. The summed E-state index contributed by atoms with van der Waals surface area (Å²) in [6, 6.07) is 2.13. The second-order valence-corrected chi connectivity index (χ2v) is 5.74. The Morgan fingerprint density at radius 3 is 2.84 bits per heavy atom. The summed E-state index contributed by atoms with van der Waals surface area (Å²) in [5.41, 5.74) is 1.75. The summed E-state index contributed by atoms with van der Waals surface area (Å²) in [4.78, 5) is 0. The number of ether oxygens (including phenoxy) is 1. The van der Waals surface area contributed by atoms with Gasteiger partial charge in [0.2, 0.25) is 0 Å². The van der Waals surface area contributed by atoms with E-state index in [0.717, 1.165) is 32.7 Å². The molecule has 1 aliphatic rings. The molecule has 19 heavy (non-hydrogen) atoms. The Kier molecular flexibility index (Phi) is 5.40. The standard InChI is InChI=1S/C15H27N3O/c1-3-9-16-13-15(7-11-19-12-8-15)6-4-14-5-10-17-18(14)2/h5,10,16H,3-4,6-9,11-13H2,1-2H3. The molecule has 0 spiro atoms. The van der Waals surface area contributed by atoms with Crippen LogP contribution in [0.2, 0.25) is 0 Å². The van der Waals surface area contributed by atoms with Crippen LogP contribution in [0.3, 0.4) is 0 Å². The van der Waals surface area contributed by atoms with Gasteiger partial charge in [-0.3, -0.25) is 4.68 Å². The monoisotopic (exact) mass is 265 g/mol. The van der Waals surface area contributed by atoms with Crippen LogP contribution in [-0.4, -0.2) is 36.1 Å². The van der Waals surface area contributed by atoms with Crippen LogP contribution < -0.4 is 5.32 Å². The lowest BCUT2D eigenvalue weighted by Crippen LogP contribution is -2.40. The molecule has 1 N–H and O–H groups in total. The number of hydrogen-bond donors (Lipinski definition) is 1. The van der Waals surface area contributed by atoms with Crippen molar-refractivity contribution in [2.24, 2.45) is 12.5 Å². The minimum atomic E-state index is 0.414. The van der Waals surface area contributed by atoms with Crippen LogP contribution >= 0.6 is 0 Å². The van der Waals surface area contributed by atoms with Gasteiger partial charge in [0.15, 0.2) is 0 Å². The third kappa shape index (κ3) is 4.05. The fraction of sp³-hybridized carbons (Fsp3) is 0.800. The molecule has 2 rings (SSSR count). The van der Waals surface area contributed by atoms with Gasteiger partial charge in [-0.05, 0) is 50.1 Å². The van der Waals surface area contributed by atoms with Crippen LogP contribution in [0, 0.1) is 5.41 Å². The molecule has 1 aliphatic heterocycles. The molecule has 4 nitrogen and oxygen atoms in total. The average Bonchev–Trinajstić information content (AvgIpc) is 2.84. The van der Waals surface area contributed by atoms with Gasteiger partial charge < -0.3 is 10.1 Å². The summed E-state index contributed by atoms with van der Waals surface area (Å²) < 4.78 is 7.54. The van der Waals surface area contributed by atoms with E-state index in [1.807, 2.05) is 17.9 Å². The Labute approximate surface area is 116 Å². The highest BCUT2D eigenvalue weighted by molar-refractivity contribution is 5.01. The van der Waals surface area contributed by atoms with Crippen molar-refractivity contribution in [2.75, 3.05) is 26.3 Å². The van der Waals surface area contributed by atoms with Gasteiger partial charge in [-0.15, -0.1) is 0 Å². The third-order valence-electron chi connectivity index (χ3n) is 4.31. The van der Waals surface area contributed by atoms with Gasteiger partial charge >= 0.3 is 0 Å². The first kappa shape index (κ1) is 14.5. The van der Waals surface area contributed by atoms with Gasteiger partial charge in [-0.2, -0.15) is 5.10 Å². The van der Waals surface area contributed by atoms with Gasteiger partial charge in [0.25, 0.3) is 0 Å². The summed E-state index contributed by atoms with van der Waals surface area (Å²) in [7, 11) is 2.03. The Bertz CT molecular complexity index is 369. The molecule has 2 heterocycles. The van der Waals surface area contributed by atoms with Gasteiger partial charge in [0.05, 0.1) is 0 Å². The predicted molar refractivity (Wildman–Crippen MR) is 77.2 cm³/mol. The zero-order valence-corrected chi connectivity index (χ0v) is 12.3. The summed E-state index contributed by atoms with van der Waals surface area (Å²) in [6.07, 6.45) is 7.80. The lowest BCUT2D eigenvalue weighted by Gasteiger charge is -2.37. The zero-order chi connectivity index (χ0) is 13.6. The largest absolute Gasteiger partial charge is 0.381 e. The fourth-order valence-electron chi connectivity index (χ4n) is 2.89. The van der Waals surface area contributed by atoms with Crippen molar-refractivity contribution in [1.29, 1.82) is 0 Å². The van der Waals surface area contributed by atoms with E-state index < -0.39 is 0 Å². The molecule has 0 amide bonds. The van der Waals surface area contributed by atoms with E-state index in [1.54, 1.807) is 0 Å². The number of nitrogens with zero attached hydrogens (tertiary/aromatic N) is 2. The second-order valence-electron chi connectivity index (χ2n) is 5.74. The maximum Gasteiger partial charge on any atom is 0.0492 e. The highest BCUT2D eigenvalue weighted by Crippen LogP contribution is 2.34. The Hall–Kier alpha value is -0.870. The van der Waals surface area contributed by atoms with E-state index in [9.17, 15) is 0 Å². The van der Waals surface area contributed by atoms with E-state index in [2.05, 4.69) is 23.4 Å². The van der Waals surface area contributed by atoms with Gasteiger partial charge in [0.1, 0.15) is 0 Å². The summed E-state index contributed by atoms with van der Waals surface area (Å²) in [6.45, 7) is 6.30. The zero-order valence-electron chi connectivity index (χ0n) is 12.3. The number of aromatic nitrogens is 2. The minimum absolute atomic E-state index is 0.414. The van der Waals surface area contributed by atoms with Gasteiger partial charge in [0, 0.05) is 38.7 Å². The first-order chi connectivity index (χ1) is 9.26. The number of nitrogens with one attached hydrogen (secondary N) is 1. The summed E-state index contributed by atoms with van der Waals surface area (Å²) >= 11 is 0. The van der Waals surface area contributed by atoms with Crippen LogP contribution in [0.25, 0.3) is 0 Å². The summed E-state index contributed by atoms with van der Waals surface area (Å²) in [5.74, 6) is 0. The fourth-order valence-corrected chi connectivity index (χ4v) is 2.89. The molecule has 0 atom stereocenters. The van der Waals surface area contributed by atoms with Crippen LogP contribution in [-0.2, 0) is 18.2 Å². The molecule has 1 aromatic rings.